The van der Waals surface area contributed by atoms with Gasteiger partial charge in [-0.1, -0.05) is 42.5 Å². The van der Waals surface area contributed by atoms with Crippen LogP contribution in [0.5, 0.6) is 0 Å². The SMILES string of the molecule is CN1CCC(CN(CCc2ccccc2)CC2CNNC2c2ccc(F)cc2)CC1. The van der Waals surface area contributed by atoms with Crippen LogP contribution in [-0.4, -0.2) is 56.1 Å². The lowest BCUT2D eigenvalue weighted by atomic mass is 9.92. The first-order chi connectivity index (χ1) is 14.7. The molecule has 0 aromatic heterocycles. The van der Waals surface area contributed by atoms with Gasteiger partial charge in [0.25, 0.3) is 0 Å². The molecule has 2 unspecified atom stereocenters. The second-order valence-electron chi connectivity index (χ2n) is 9.06. The molecule has 2 saturated heterocycles. The van der Waals surface area contributed by atoms with Gasteiger partial charge in [-0.2, -0.15) is 0 Å². The molecule has 5 heteroatoms. The molecule has 162 valence electrons. The summed E-state index contributed by atoms with van der Waals surface area (Å²) in [5.74, 6) is 1.08. The Bertz CT molecular complexity index is 758. The van der Waals surface area contributed by atoms with Crippen molar-refractivity contribution >= 4 is 0 Å². The summed E-state index contributed by atoms with van der Waals surface area (Å²) >= 11 is 0. The zero-order valence-corrected chi connectivity index (χ0v) is 18.1. The van der Waals surface area contributed by atoms with Crippen LogP contribution >= 0.6 is 0 Å². The van der Waals surface area contributed by atoms with Crippen LogP contribution in [0.4, 0.5) is 4.39 Å². The lowest BCUT2D eigenvalue weighted by Gasteiger charge is -2.35. The van der Waals surface area contributed by atoms with Crippen LogP contribution < -0.4 is 10.9 Å². The highest BCUT2D eigenvalue weighted by atomic mass is 19.1. The van der Waals surface area contributed by atoms with Crippen LogP contribution in [0.1, 0.15) is 30.0 Å². The number of hydrogen-bond acceptors (Lipinski definition) is 4. The minimum atomic E-state index is -0.173. The number of hydrogen-bond donors (Lipinski definition) is 2. The van der Waals surface area contributed by atoms with E-state index >= 15 is 0 Å². The van der Waals surface area contributed by atoms with Crippen LogP contribution in [0.3, 0.4) is 0 Å². The van der Waals surface area contributed by atoms with Gasteiger partial charge >= 0.3 is 0 Å². The Morgan fingerprint density at radius 3 is 2.47 bits per heavy atom. The van der Waals surface area contributed by atoms with E-state index in [0.29, 0.717) is 5.92 Å². The number of piperidine rings is 1. The molecule has 0 radical (unpaired) electrons. The van der Waals surface area contributed by atoms with Crippen molar-refractivity contribution in [3.8, 4) is 0 Å². The molecular weight excluding hydrogens is 375 g/mol. The molecule has 30 heavy (non-hydrogen) atoms. The fourth-order valence-corrected chi connectivity index (χ4v) is 4.86. The van der Waals surface area contributed by atoms with Crippen molar-refractivity contribution < 1.29 is 4.39 Å². The van der Waals surface area contributed by atoms with Gasteiger partial charge in [0.15, 0.2) is 0 Å². The van der Waals surface area contributed by atoms with Crippen LogP contribution in [0.2, 0.25) is 0 Å². The second-order valence-corrected chi connectivity index (χ2v) is 9.06. The van der Waals surface area contributed by atoms with Crippen LogP contribution in [0.15, 0.2) is 54.6 Å². The molecule has 2 aromatic carbocycles. The first-order valence-corrected chi connectivity index (χ1v) is 11.4. The Hall–Kier alpha value is -1.79. The summed E-state index contributed by atoms with van der Waals surface area (Å²) in [5, 5.41) is 0. The lowest BCUT2D eigenvalue weighted by molar-refractivity contribution is 0.146. The van der Waals surface area contributed by atoms with E-state index in [4.69, 9.17) is 0 Å². The standard InChI is InChI=1S/C25H35FN4/c1-29-14-11-21(12-15-29)18-30(16-13-20-5-3-2-4-6-20)19-23-17-27-28-25(23)22-7-9-24(26)10-8-22/h2-10,21,23,25,27-28H,11-19H2,1H3. The molecule has 0 spiro atoms. The Balaban J connectivity index is 1.41. The average Bonchev–Trinajstić information content (AvgIpc) is 3.23. The van der Waals surface area contributed by atoms with Crippen molar-refractivity contribution in [2.45, 2.75) is 25.3 Å². The predicted molar refractivity (Wildman–Crippen MR) is 121 cm³/mol. The molecule has 2 N–H and O–H groups in total. The number of likely N-dealkylation sites (tertiary alicyclic amines) is 1. The summed E-state index contributed by atoms with van der Waals surface area (Å²) in [6.07, 6.45) is 3.67. The predicted octanol–water partition coefficient (Wildman–Crippen LogP) is 3.48. The summed E-state index contributed by atoms with van der Waals surface area (Å²) in [7, 11) is 2.23. The van der Waals surface area contributed by atoms with E-state index in [1.165, 1.54) is 38.0 Å². The summed E-state index contributed by atoms with van der Waals surface area (Å²) in [5.41, 5.74) is 9.34. The van der Waals surface area contributed by atoms with Crippen molar-refractivity contribution in [2.24, 2.45) is 11.8 Å². The smallest absolute Gasteiger partial charge is 0.123 e. The van der Waals surface area contributed by atoms with Crippen molar-refractivity contribution in [3.63, 3.8) is 0 Å². The van der Waals surface area contributed by atoms with Crippen molar-refractivity contribution in [3.05, 3.63) is 71.5 Å². The maximum absolute atomic E-state index is 13.4. The van der Waals surface area contributed by atoms with Gasteiger partial charge in [0, 0.05) is 32.1 Å². The van der Waals surface area contributed by atoms with Crippen molar-refractivity contribution in [2.75, 3.05) is 46.3 Å². The minimum absolute atomic E-state index is 0.173. The largest absolute Gasteiger partial charge is 0.306 e. The summed E-state index contributed by atoms with van der Waals surface area (Å²) in [4.78, 5) is 5.12. The van der Waals surface area contributed by atoms with Gasteiger partial charge in [0.2, 0.25) is 0 Å². The lowest BCUT2D eigenvalue weighted by Crippen LogP contribution is -2.41. The fourth-order valence-electron chi connectivity index (χ4n) is 4.86. The van der Waals surface area contributed by atoms with Gasteiger partial charge in [-0.05, 0) is 68.6 Å². The third-order valence-corrected chi connectivity index (χ3v) is 6.73. The quantitative estimate of drug-likeness (QED) is 0.698. The van der Waals surface area contributed by atoms with Crippen LogP contribution in [0.25, 0.3) is 0 Å². The van der Waals surface area contributed by atoms with E-state index < -0.39 is 0 Å². The number of hydrazine groups is 1. The molecule has 0 bridgehead atoms. The Morgan fingerprint density at radius 1 is 1.00 bits per heavy atom. The van der Waals surface area contributed by atoms with Gasteiger partial charge in [-0.3, -0.25) is 5.43 Å². The van der Waals surface area contributed by atoms with Gasteiger partial charge in [0.05, 0.1) is 6.04 Å². The number of benzene rings is 2. The molecule has 2 fully saturated rings. The first-order valence-electron chi connectivity index (χ1n) is 11.4. The monoisotopic (exact) mass is 410 g/mol. The first kappa shape index (κ1) is 21.4. The molecule has 0 amide bonds. The molecule has 2 aliphatic rings. The minimum Gasteiger partial charge on any atom is -0.306 e. The Morgan fingerprint density at radius 2 is 1.73 bits per heavy atom. The van der Waals surface area contributed by atoms with Gasteiger partial charge in [-0.25, -0.2) is 9.82 Å². The molecule has 4 nitrogen and oxygen atoms in total. The third kappa shape index (κ3) is 5.88. The molecule has 2 aromatic rings. The van der Waals surface area contributed by atoms with Gasteiger partial charge < -0.3 is 9.80 Å². The molecular formula is C25H35FN4. The summed E-state index contributed by atoms with van der Waals surface area (Å²) in [6.45, 7) is 6.68. The van der Waals surface area contributed by atoms with E-state index in [9.17, 15) is 4.39 Å². The molecule has 2 aliphatic heterocycles. The number of nitrogens with one attached hydrogen (secondary N) is 2. The number of rotatable bonds is 8. The highest BCUT2D eigenvalue weighted by Gasteiger charge is 2.30. The average molecular weight is 411 g/mol. The molecule has 0 saturated carbocycles. The Labute approximate surface area is 180 Å². The second kappa shape index (κ2) is 10.5. The van der Waals surface area contributed by atoms with Crippen LogP contribution in [-0.2, 0) is 6.42 Å². The highest BCUT2D eigenvalue weighted by molar-refractivity contribution is 5.22. The van der Waals surface area contributed by atoms with Crippen LogP contribution in [0, 0.1) is 17.7 Å². The number of halogens is 1. The molecule has 2 heterocycles. The molecule has 0 aliphatic carbocycles. The zero-order chi connectivity index (χ0) is 20.8. The topological polar surface area (TPSA) is 30.5 Å². The van der Waals surface area contributed by atoms with Crippen molar-refractivity contribution in [1.82, 2.24) is 20.7 Å². The van der Waals surface area contributed by atoms with E-state index in [-0.39, 0.29) is 11.9 Å². The Kier molecular flexibility index (Phi) is 7.50. The van der Waals surface area contributed by atoms with E-state index in [1.807, 2.05) is 12.1 Å². The van der Waals surface area contributed by atoms with Gasteiger partial charge in [0.1, 0.15) is 5.82 Å². The van der Waals surface area contributed by atoms with Gasteiger partial charge in [-0.15, -0.1) is 0 Å². The van der Waals surface area contributed by atoms with Crippen molar-refractivity contribution in [1.29, 1.82) is 0 Å². The normalized spacial score (nSPS) is 23.3. The van der Waals surface area contributed by atoms with E-state index in [1.54, 1.807) is 12.1 Å². The maximum atomic E-state index is 13.4. The molecule has 2 atom stereocenters. The number of nitrogens with zero attached hydrogens (tertiary/aromatic N) is 2. The summed E-state index contributed by atoms with van der Waals surface area (Å²) in [6, 6.07) is 18.0. The zero-order valence-electron chi connectivity index (χ0n) is 18.1. The highest BCUT2D eigenvalue weighted by Crippen LogP contribution is 2.27. The third-order valence-electron chi connectivity index (χ3n) is 6.73. The molecule has 4 rings (SSSR count). The van der Waals surface area contributed by atoms with E-state index in [2.05, 4.69) is 58.0 Å². The fraction of sp³-hybridized carbons (Fsp3) is 0.520. The summed E-state index contributed by atoms with van der Waals surface area (Å²) < 4.78 is 13.4. The maximum Gasteiger partial charge on any atom is 0.123 e. The van der Waals surface area contributed by atoms with E-state index in [0.717, 1.165) is 37.5 Å².